The van der Waals surface area contributed by atoms with Crippen LogP contribution in [0.1, 0.15) is 23.7 Å². The molecule has 106 valence electrons. The quantitative estimate of drug-likeness (QED) is 0.906. The Labute approximate surface area is 120 Å². The zero-order valence-corrected chi connectivity index (χ0v) is 12.2. The number of aromatic nitrogens is 2. The van der Waals surface area contributed by atoms with Crippen LogP contribution in [-0.4, -0.2) is 34.6 Å². The first-order chi connectivity index (χ1) is 9.74. The normalized spacial score (nSPS) is 17.2. The molecule has 1 aromatic carbocycles. The van der Waals surface area contributed by atoms with E-state index in [-0.39, 0.29) is 0 Å². The molecule has 1 aromatic heterocycles. The van der Waals surface area contributed by atoms with Gasteiger partial charge >= 0.3 is 0 Å². The van der Waals surface area contributed by atoms with Crippen LogP contribution in [0.25, 0.3) is 0 Å². The van der Waals surface area contributed by atoms with Gasteiger partial charge in [0.2, 0.25) is 0 Å². The Morgan fingerprint density at radius 1 is 1.40 bits per heavy atom. The Kier molecular flexibility index (Phi) is 3.74. The highest BCUT2D eigenvalue weighted by Crippen LogP contribution is 2.33. The molecule has 3 rings (SSSR count). The number of hydrogen-bond donors (Lipinski definition) is 1. The van der Waals surface area contributed by atoms with Crippen LogP contribution in [0.4, 0.5) is 5.69 Å². The molecule has 2 aromatic rings. The van der Waals surface area contributed by atoms with Gasteiger partial charge in [0.25, 0.3) is 0 Å². The van der Waals surface area contributed by atoms with Gasteiger partial charge in [-0.25, -0.2) is 4.98 Å². The fraction of sp³-hybridized carbons (Fsp3) is 0.438. The van der Waals surface area contributed by atoms with Crippen LogP contribution in [0.3, 0.4) is 0 Å². The van der Waals surface area contributed by atoms with E-state index < -0.39 is 0 Å². The van der Waals surface area contributed by atoms with Crippen molar-refractivity contribution in [3.05, 3.63) is 48.0 Å². The van der Waals surface area contributed by atoms with Gasteiger partial charge in [-0.1, -0.05) is 18.2 Å². The second-order valence-electron chi connectivity index (χ2n) is 5.65. The van der Waals surface area contributed by atoms with Gasteiger partial charge in [-0.3, -0.25) is 4.90 Å². The second kappa shape index (κ2) is 5.67. The highest BCUT2D eigenvalue weighted by molar-refractivity contribution is 5.57. The summed E-state index contributed by atoms with van der Waals surface area (Å²) in [5.41, 5.74) is 2.78. The van der Waals surface area contributed by atoms with Crippen LogP contribution in [0.5, 0.6) is 0 Å². The van der Waals surface area contributed by atoms with Gasteiger partial charge in [0.1, 0.15) is 5.82 Å². The zero-order chi connectivity index (χ0) is 13.9. The molecule has 20 heavy (non-hydrogen) atoms. The third kappa shape index (κ3) is 2.70. The average Bonchev–Trinajstić information content (AvgIpc) is 3.04. The predicted molar refractivity (Wildman–Crippen MR) is 81.8 cm³/mol. The van der Waals surface area contributed by atoms with Gasteiger partial charge in [-0.2, -0.15) is 0 Å². The number of benzene rings is 1. The Morgan fingerprint density at radius 2 is 2.25 bits per heavy atom. The molecule has 1 aliphatic rings. The lowest BCUT2D eigenvalue weighted by molar-refractivity contribution is 0.302. The highest BCUT2D eigenvalue weighted by Gasteiger charge is 2.21. The van der Waals surface area contributed by atoms with Crippen molar-refractivity contribution in [2.75, 3.05) is 25.5 Å². The first-order valence-electron chi connectivity index (χ1n) is 7.21. The Hall–Kier alpha value is -1.81. The number of nitrogens with one attached hydrogen (secondary N) is 1. The van der Waals surface area contributed by atoms with Gasteiger partial charge < -0.3 is 9.88 Å². The molecule has 0 saturated heterocycles. The number of imidazole rings is 1. The third-order valence-corrected chi connectivity index (χ3v) is 4.13. The molecule has 0 aliphatic carbocycles. The second-order valence-corrected chi connectivity index (χ2v) is 5.65. The molecular weight excluding hydrogens is 248 g/mol. The van der Waals surface area contributed by atoms with Gasteiger partial charge in [0, 0.05) is 37.6 Å². The number of hydrogen-bond acceptors (Lipinski definition) is 3. The van der Waals surface area contributed by atoms with E-state index in [9.17, 15) is 0 Å². The predicted octanol–water partition coefficient (Wildman–Crippen LogP) is 2.45. The van der Waals surface area contributed by atoms with E-state index in [2.05, 4.69) is 51.1 Å². The van der Waals surface area contributed by atoms with Crippen LogP contribution in [0.15, 0.2) is 36.7 Å². The molecule has 0 amide bonds. The number of para-hydroxylation sites is 1. The van der Waals surface area contributed by atoms with Crippen molar-refractivity contribution in [3.8, 4) is 0 Å². The smallest absolute Gasteiger partial charge is 0.122 e. The van der Waals surface area contributed by atoms with E-state index in [1.165, 1.54) is 17.7 Å². The van der Waals surface area contributed by atoms with E-state index in [0.29, 0.717) is 5.92 Å². The summed E-state index contributed by atoms with van der Waals surface area (Å²) in [7, 11) is 4.22. The summed E-state index contributed by atoms with van der Waals surface area (Å²) >= 11 is 0. The van der Waals surface area contributed by atoms with Crippen molar-refractivity contribution >= 4 is 5.69 Å². The molecule has 1 atom stereocenters. The molecule has 0 saturated carbocycles. The monoisotopic (exact) mass is 270 g/mol. The third-order valence-electron chi connectivity index (χ3n) is 4.13. The maximum Gasteiger partial charge on any atom is 0.122 e. The van der Waals surface area contributed by atoms with Crippen molar-refractivity contribution in [2.45, 2.75) is 18.9 Å². The van der Waals surface area contributed by atoms with Crippen molar-refractivity contribution in [2.24, 2.45) is 7.05 Å². The van der Waals surface area contributed by atoms with Crippen LogP contribution < -0.4 is 5.32 Å². The largest absolute Gasteiger partial charge is 0.384 e. The molecule has 0 spiro atoms. The summed E-state index contributed by atoms with van der Waals surface area (Å²) in [6, 6.07) is 8.66. The number of fused-ring (bicyclic) bond motifs is 1. The molecule has 0 bridgehead atoms. The molecule has 4 heteroatoms. The summed E-state index contributed by atoms with van der Waals surface area (Å²) in [6.45, 7) is 3.06. The van der Waals surface area contributed by atoms with Crippen LogP contribution in [-0.2, 0) is 13.6 Å². The standard InChI is InChI=1S/C16H22N4/c1-19(12-16-17-8-10-20(16)2)9-7-13-11-18-15-6-4-3-5-14(13)15/h3-6,8,10,13,18H,7,9,11-12H2,1-2H3. The molecular formula is C16H22N4. The Bertz CT molecular complexity index is 575. The SMILES string of the molecule is CN(CCC1CNc2ccccc21)Cc1nccn1C. The van der Waals surface area contributed by atoms with Crippen molar-refractivity contribution in [1.29, 1.82) is 0 Å². The number of rotatable bonds is 5. The summed E-state index contributed by atoms with van der Waals surface area (Å²) < 4.78 is 2.09. The van der Waals surface area contributed by atoms with E-state index in [1.54, 1.807) is 0 Å². The van der Waals surface area contributed by atoms with E-state index in [0.717, 1.165) is 25.5 Å². The lowest BCUT2D eigenvalue weighted by Gasteiger charge is -2.18. The highest BCUT2D eigenvalue weighted by atomic mass is 15.1. The number of aryl methyl sites for hydroxylation is 1. The molecule has 4 nitrogen and oxygen atoms in total. The molecule has 0 radical (unpaired) electrons. The first kappa shape index (κ1) is 13.2. The minimum Gasteiger partial charge on any atom is -0.384 e. The summed E-state index contributed by atoms with van der Waals surface area (Å²) in [5, 5.41) is 3.49. The molecule has 1 N–H and O–H groups in total. The Balaban J connectivity index is 1.54. The average molecular weight is 270 g/mol. The number of anilines is 1. The molecule has 1 unspecified atom stereocenters. The summed E-state index contributed by atoms with van der Waals surface area (Å²) in [5.74, 6) is 1.76. The number of nitrogens with zero attached hydrogens (tertiary/aromatic N) is 3. The minimum atomic E-state index is 0.634. The maximum atomic E-state index is 4.38. The van der Waals surface area contributed by atoms with Crippen LogP contribution in [0, 0.1) is 0 Å². The van der Waals surface area contributed by atoms with Gasteiger partial charge in [-0.05, 0) is 31.6 Å². The zero-order valence-electron chi connectivity index (χ0n) is 12.2. The van der Waals surface area contributed by atoms with E-state index >= 15 is 0 Å². The van der Waals surface area contributed by atoms with Crippen molar-refractivity contribution in [1.82, 2.24) is 14.5 Å². The van der Waals surface area contributed by atoms with Gasteiger partial charge in [-0.15, -0.1) is 0 Å². The van der Waals surface area contributed by atoms with Crippen molar-refractivity contribution < 1.29 is 0 Å². The van der Waals surface area contributed by atoms with Crippen LogP contribution >= 0.6 is 0 Å². The van der Waals surface area contributed by atoms with E-state index in [4.69, 9.17) is 0 Å². The first-order valence-corrected chi connectivity index (χ1v) is 7.21. The summed E-state index contributed by atoms with van der Waals surface area (Å²) in [6.07, 6.45) is 5.05. The fourth-order valence-electron chi connectivity index (χ4n) is 2.86. The summed E-state index contributed by atoms with van der Waals surface area (Å²) in [4.78, 5) is 6.73. The molecule has 2 heterocycles. The minimum absolute atomic E-state index is 0.634. The van der Waals surface area contributed by atoms with Crippen molar-refractivity contribution in [3.63, 3.8) is 0 Å². The lowest BCUT2D eigenvalue weighted by atomic mass is 9.98. The topological polar surface area (TPSA) is 33.1 Å². The fourth-order valence-corrected chi connectivity index (χ4v) is 2.86. The lowest BCUT2D eigenvalue weighted by Crippen LogP contribution is -2.23. The Morgan fingerprint density at radius 3 is 3.05 bits per heavy atom. The van der Waals surface area contributed by atoms with E-state index in [1.807, 2.05) is 19.4 Å². The maximum absolute atomic E-state index is 4.38. The molecule has 0 fully saturated rings. The van der Waals surface area contributed by atoms with Gasteiger partial charge in [0.05, 0.1) is 6.54 Å². The van der Waals surface area contributed by atoms with Crippen LogP contribution in [0.2, 0.25) is 0 Å². The van der Waals surface area contributed by atoms with Gasteiger partial charge in [0.15, 0.2) is 0 Å². The molecule has 1 aliphatic heterocycles.